The summed E-state index contributed by atoms with van der Waals surface area (Å²) in [4.78, 5) is 28.9. The average molecular weight is 449 g/mol. The van der Waals surface area contributed by atoms with E-state index in [0.717, 1.165) is 17.7 Å². The Kier molecular flexibility index (Phi) is 6.83. The van der Waals surface area contributed by atoms with Gasteiger partial charge in [0.1, 0.15) is 5.84 Å². The van der Waals surface area contributed by atoms with Gasteiger partial charge in [-0.05, 0) is 29.7 Å². The molecule has 30 heavy (non-hydrogen) atoms. The van der Waals surface area contributed by atoms with E-state index in [-0.39, 0.29) is 17.2 Å². The first-order chi connectivity index (χ1) is 14.3. The molecular weight excluding hydrogens is 428 g/mol. The third-order valence-electron chi connectivity index (χ3n) is 3.89. The number of carboxylic acid groups (broad SMARTS) is 1. The van der Waals surface area contributed by atoms with Crippen LogP contribution >= 0.6 is 23.7 Å². The van der Waals surface area contributed by atoms with Crippen LogP contribution in [0.15, 0.2) is 33.2 Å². The van der Waals surface area contributed by atoms with Crippen molar-refractivity contribution in [3.05, 3.63) is 29.3 Å². The van der Waals surface area contributed by atoms with Gasteiger partial charge in [-0.2, -0.15) is 9.39 Å². The summed E-state index contributed by atoms with van der Waals surface area (Å²) in [5.74, 6) is 0.254. The van der Waals surface area contributed by atoms with E-state index in [1.165, 1.54) is 18.9 Å². The molecule has 0 aliphatic carbocycles. The molecule has 0 fully saturated rings. The fraction of sp³-hybridized carbons (Fsp3) is 0.316. The van der Waals surface area contributed by atoms with Crippen LogP contribution in [0.5, 0.6) is 11.5 Å². The van der Waals surface area contributed by atoms with Crippen molar-refractivity contribution in [1.29, 1.82) is 5.41 Å². The molecule has 1 aromatic rings. The predicted molar refractivity (Wildman–Crippen MR) is 118 cm³/mol. The number of benzene rings is 1. The third kappa shape index (κ3) is 4.85. The Morgan fingerprint density at radius 2 is 2.17 bits per heavy atom. The maximum Gasteiger partial charge on any atom is 0.341 e. The Labute approximate surface area is 181 Å². The van der Waals surface area contributed by atoms with E-state index >= 15 is 0 Å². The molecule has 0 bridgehead atoms. The van der Waals surface area contributed by atoms with Gasteiger partial charge < -0.3 is 14.6 Å². The molecular formula is C19H20N4O5S2. The lowest BCUT2D eigenvalue weighted by Gasteiger charge is -2.24. The van der Waals surface area contributed by atoms with Gasteiger partial charge in [0.05, 0.1) is 24.6 Å². The van der Waals surface area contributed by atoms with Crippen molar-refractivity contribution in [2.75, 3.05) is 19.5 Å². The minimum atomic E-state index is -1.10. The number of nitrogens with zero attached hydrogens (tertiary/aromatic N) is 3. The van der Waals surface area contributed by atoms with Gasteiger partial charge in [-0.3, -0.25) is 10.2 Å². The summed E-state index contributed by atoms with van der Waals surface area (Å²) < 4.78 is 14.8. The highest BCUT2D eigenvalue weighted by Gasteiger charge is 2.37. The van der Waals surface area contributed by atoms with Crippen LogP contribution in [-0.4, -0.2) is 57.5 Å². The number of nitrogens with one attached hydrogen (secondary N) is 1. The van der Waals surface area contributed by atoms with Crippen LogP contribution in [0, 0.1) is 11.3 Å². The number of carbonyl (C=O) groups excluding carboxylic acids is 1. The first kappa shape index (κ1) is 21.9. The predicted octanol–water partition coefficient (Wildman–Crippen LogP) is 3.12. The number of fused-ring (bicyclic) bond motifs is 1. The minimum absolute atomic E-state index is 0.00942. The zero-order valence-corrected chi connectivity index (χ0v) is 18.2. The topological polar surface area (TPSA) is 125 Å². The second kappa shape index (κ2) is 9.35. The van der Waals surface area contributed by atoms with Gasteiger partial charge >= 0.3 is 5.97 Å². The number of hydrogen-bond acceptors (Lipinski definition) is 8. The van der Waals surface area contributed by atoms with Gasteiger partial charge in [-0.1, -0.05) is 31.7 Å². The first-order valence-electron chi connectivity index (χ1n) is 8.94. The lowest BCUT2D eigenvalue weighted by atomic mass is 10.1. The lowest BCUT2D eigenvalue weighted by molar-refractivity contribution is -0.139. The Morgan fingerprint density at radius 1 is 1.40 bits per heavy atom. The number of amidine groups is 3. The smallest absolute Gasteiger partial charge is 0.341 e. The molecule has 1 aromatic carbocycles. The number of methoxy groups -OCH3 is 1. The quantitative estimate of drug-likeness (QED) is 0.481. The maximum absolute atomic E-state index is 12.5. The molecule has 158 valence electrons. The SMILES string of the molecule is COc1cc(/C=C2/C(=N)N3C(SCC(C)C)=NSC3=NC2=O)ccc1OCC(=O)O. The van der Waals surface area contributed by atoms with Crippen molar-refractivity contribution in [2.24, 2.45) is 15.3 Å². The molecule has 0 spiro atoms. The number of amides is 1. The molecule has 0 saturated carbocycles. The minimum Gasteiger partial charge on any atom is -0.493 e. The third-order valence-corrected chi connectivity index (χ3v) is 6.07. The fourth-order valence-corrected chi connectivity index (χ4v) is 4.33. The number of rotatable bonds is 7. The molecule has 1 amide bonds. The molecule has 9 nitrogen and oxygen atoms in total. The number of hydrogen-bond donors (Lipinski definition) is 2. The second-order valence-electron chi connectivity index (χ2n) is 6.70. The Balaban J connectivity index is 1.86. The summed E-state index contributed by atoms with van der Waals surface area (Å²) in [6.45, 7) is 3.69. The van der Waals surface area contributed by atoms with Crippen molar-refractivity contribution in [2.45, 2.75) is 13.8 Å². The van der Waals surface area contributed by atoms with Crippen molar-refractivity contribution in [3.8, 4) is 11.5 Å². The zero-order valence-electron chi connectivity index (χ0n) is 16.5. The largest absolute Gasteiger partial charge is 0.493 e. The highest BCUT2D eigenvalue weighted by Crippen LogP contribution is 2.33. The summed E-state index contributed by atoms with van der Waals surface area (Å²) in [6.07, 6.45) is 1.54. The molecule has 0 atom stereocenters. The number of ether oxygens (including phenoxy) is 2. The molecule has 3 rings (SSSR count). The summed E-state index contributed by atoms with van der Waals surface area (Å²) in [7, 11) is 1.43. The Hall–Kier alpha value is -2.79. The van der Waals surface area contributed by atoms with Crippen molar-refractivity contribution in [3.63, 3.8) is 0 Å². The van der Waals surface area contributed by atoms with Crippen LogP contribution in [0.1, 0.15) is 19.4 Å². The van der Waals surface area contributed by atoms with Crippen LogP contribution in [0.25, 0.3) is 6.08 Å². The molecule has 2 heterocycles. The van der Waals surface area contributed by atoms with E-state index in [1.807, 2.05) is 0 Å². The lowest BCUT2D eigenvalue weighted by Crippen LogP contribution is -2.41. The van der Waals surface area contributed by atoms with Crippen LogP contribution in [0.2, 0.25) is 0 Å². The number of aliphatic carboxylic acids is 1. The summed E-state index contributed by atoms with van der Waals surface area (Å²) >= 11 is 2.60. The molecule has 2 aliphatic rings. The molecule has 2 N–H and O–H groups in total. The van der Waals surface area contributed by atoms with Crippen LogP contribution < -0.4 is 9.47 Å². The monoisotopic (exact) mass is 448 g/mol. The van der Waals surface area contributed by atoms with Gasteiger partial charge in [0.15, 0.2) is 23.3 Å². The first-order valence-corrected chi connectivity index (χ1v) is 10.7. The highest BCUT2D eigenvalue weighted by molar-refractivity contribution is 8.19. The molecule has 0 aromatic heterocycles. The van der Waals surface area contributed by atoms with E-state index in [9.17, 15) is 9.59 Å². The number of aliphatic imine (C=N–C) groups is 1. The summed E-state index contributed by atoms with van der Waals surface area (Å²) in [6, 6.07) is 4.80. The number of carbonyl (C=O) groups is 2. The van der Waals surface area contributed by atoms with Crippen molar-refractivity contribution in [1.82, 2.24) is 4.90 Å². The fourth-order valence-electron chi connectivity index (χ4n) is 2.54. The van der Waals surface area contributed by atoms with E-state index in [0.29, 0.717) is 27.6 Å². The van der Waals surface area contributed by atoms with Crippen molar-refractivity contribution >= 4 is 57.8 Å². The van der Waals surface area contributed by atoms with E-state index in [1.54, 1.807) is 29.2 Å². The highest BCUT2D eigenvalue weighted by atomic mass is 32.2. The summed E-state index contributed by atoms with van der Waals surface area (Å²) in [5, 5.41) is 18.3. The van der Waals surface area contributed by atoms with Gasteiger partial charge in [0.25, 0.3) is 5.91 Å². The van der Waals surface area contributed by atoms with E-state index in [4.69, 9.17) is 20.0 Å². The average Bonchev–Trinajstić information content (AvgIpc) is 3.10. The van der Waals surface area contributed by atoms with E-state index in [2.05, 4.69) is 23.2 Å². The normalized spacial score (nSPS) is 17.2. The van der Waals surface area contributed by atoms with Crippen LogP contribution in [-0.2, 0) is 9.59 Å². The van der Waals surface area contributed by atoms with Gasteiger partial charge in [-0.15, -0.1) is 0 Å². The standard InChI is InChI=1S/C19H20N4O5S2/c1-10(2)9-29-19-22-30-18-21-17(26)12(16(20)23(18)19)6-11-4-5-13(14(7-11)27-3)28-8-15(24)25/h4-7,10,20H,8-9H2,1-3H3,(H,24,25)/b12-6-,20-16?. The maximum atomic E-state index is 12.5. The summed E-state index contributed by atoms with van der Waals surface area (Å²) in [5.41, 5.74) is 0.710. The second-order valence-corrected chi connectivity index (χ2v) is 8.42. The number of carboxylic acids is 1. The van der Waals surface area contributed by atoms with E-state index < -0.39 is 18.5 Å². The molecule has 11 heteroatoms. The van der Waals surface area contributed by atoms with Gasteiger partial charge in [0, 0.05) is 5.75 Å². The molecule has 0 radical (unpaired) electrons. The number of thioether (sulfide) groups is 1. The van der Waals surface area contributed by atoms with Gasteiger partial charge in [-0.25, -0.2) is 9.69 Å². The van der Waals surface area contributed by atoms with Gasteiger partial charge in [0.2, 0.25) is 5.17 Å². The van der Waals surface area contributed by atoms with Crippen LogP contribution in [0.3, 0.4) is 0 Å². The van der Waals surface area contributed by atoms with Crippen LogP contribution in [0.4, 0.5) is 0 Å². The zero-order chi connectivity index (χ0) is 21.8. The Bertz CT molecular complexity index is 987. The molecule has 0 saturated heterocycles. The molecule has 0 unspecified atom stereocenters. The van der Waals surface area contributed by atoms with Crippen molar-refractivity contribution < 1.29 is 24.2 Å². The Morgan fingerprint density at radius 3 is 2.83 bits per heavy atom. The molecule has 2 aliphatic heterocycles.